The van der Waals surface area contributed by atoms with Gasteiger partial charge in [0.1, 0.15) is 0 Å². The second-order valence-electron chi connectivity index (χ2n) is 5.61. The molecular weight excluding hydrogens is 254 g/mol. The number of likely N-dealkylation sites (tertiary alicyclic amines) is 1. The molecule has 1 aromatic heterocycles. The van der Waals surface area contributed by atoms with Crippen molar-refractivity contribution in [2.75, 3.05) is 40.3 Å². The van der Waals surface area contributed by atoms with Crippen LogP contribution in [0.3, 0.4) is 0 Å². The molecule has 3 nitrogen and oxygen atoms in total. The van der Waals surface area contributed by atoms with Gasteiger partial charge >= 0.3 is 0 Å². The van der Waals surface area contributed by atoms with E-state index in [9.17, 15) is 0 Å². The fourth-order valence-corrected chi connectivity index (χ4v) is 3.76. The first-order valence-corrected chi connectivity index (χ1v) is 8.14. The van der Waals surface area contributed by atoms with E-state index in [0.717, 1.165) is 13.1 Å². The highest BCUT2D eigenvalue weighted by Gasteiger charge is 2.13. The first kappa shape index (κ1) is 15.0. The SMILES string of the molecule is CNCc1cc(CN(C)CCN2CCCC2)c(C)s1. The minimum atomic E-state index is 0.989. The molecule has 0 aliphatic carbocycles. The number of likely N-dealkylation sites (N-methyl/N-ethyl adjacent to an activating group) is 1. The van der Waals surface area contributed by atoms with Gasteiger partial charge in [-0.05, 0) is 58.6 Å². The number of nitrogens with zero attached hydrogens (tertiary/aromatic N) is 2. The standard InChI is InChI=1S/C15H27N3S/c1-13-14(10-15(19-13)11-16-2)12-17(3)8-9-18-6-4-5-7-18/h10,16H,4-9,11-12H2,1-3H3. The molecule has 0 amide bonds. The maximum Gasteiger partial charge on any atom is 0.0296 e. The van der Waals surface area contributed by atoms with Crippen molar-refractivity contribution in [3.8, 4) is 0 Å². The zero-order valence-corrected chi connectivity index (χ0v) is 13.4. The number of aryl methyl sites for hydroxylation is 1. The molecule has 108 valence electrons. The molecule has 1 fully saturated rings. The average Bonchev–Trinajstić information content (AvgIpc) is 2.98. The van der Waals surface area contributed by atoms with E-state index >= 15 is 0 Å². The van der Waals surface area contributed by atoms with Crippen molar-refractivity contribution in [3.63, 3.8) is 0 Å². The van der Waals surface area contributed by atoms with E-state index in [1.165, 1.54) is 54.3 Å². The van der Waals surface area contributed by atoms with Crippen molar-refractivity contribution in [3.05, 3.63) is 21.4 Å². The summed E-state index contributed by atoms with van der Waals surface area (Å²) in [4.78, 5) is 7.96. The highest BCUT2D eigenvalue weighted by atomic mass is 32.1. The Labute approximate surface area is 121 Å². The van der Waals surface area contributed by atoms with E-state index < -0.39 is 0 Å². The third-order valence-electron chi connectivity index (χ3n) is 3.86. The Morgan fingerprint density at radius 3 is 2.79 bits per heavy atom. The molecule has 0 atom stereocenters. The van der Waals surface area contributed by atoms with E-state index in [1.54, 1.807) is 0 Å². The second-order valence-corrected chi connectivity index (χ2v) is 6.95. The number of thiophene rings is 1. The van der Waals surface area contributed by atoms with Crippen molar-refractivity contribution in [1.29, 1.82) is 0 Å². The van der Waals surface area contributed by atoms with Crippen LogP contribution in [0.15, 0.2) is 6.07 Å². The quantitative estimate of drug-likeness (QED) is 0.827. The Bertz CT molecular complexity index is 383. The van der Waals surface area contributed by atoms with E-state index in [-0.39, 0.29) is 0 Å². The van der Waals surface area contributed by atoms with Crippen LogP contribution in [0.1, 0.15) is 28.2 Å². The van der Waals surface area contributed by atoms with Crippen LogP contribution >= 0.6 is 11.3 Å². The van der Waals surface area contributed by atoms with Crippen LogP contribution < -0.4 is 5.32 Å². The monoisotopic (exact) mass is 281 g/mol. The highest BCUT2D eigenvalue weighted by molar-refractivity contribution is 7.12. The maximum absolute atomic E-state index is 3.23. The summed E-state index contributed by atoms with van der Waals surface area (Å²) in [5.41, 5.74) is 1.50. The van der Waals surface area contributed by atoms with Crippen LogP contribution in [0, 0.1) is 6.92 Å². The molecule has 0 unspecified atom stereocenters. The van der Waals surface area contributed by atoms with Gasteiger partial charge in [-0.1, -0.05) is 0 Å². The van der Waals surface area contributed by atoms with E-state index in [4.69, 9.17) is 0 Å². The molecule has 19 heavy (non-hydrogen) atoms. The van der Waals surface area contributed by atoms with Crippen molar-refractivity contribution in [2.24, 2.45) is 0 Å². The average molecular weight is 281 g/mol. The molecule has 1 aromatic rings. The van der Waals surface area contributed by atoms with Gasteiger partial charge in [0.15, 0.2) is 0 Å². The largest absolute Gasteiger partial charge is 0.315 e. The zero-order valence-electron chi connectivity index (χ0n) is 12.5. The lowest BCUT2D eigenvalue weighted by Crippen LogP contribution is -2.31. The van der Waals surface area contributed by atoms with Crippen LogP contribution in [0.2, 0.25) is 0 Å². The summed E-state index contributed by atoms with van der Waals surface area (Å²) in [6, 6.07) is 2.36. The molecule has 0 bridgehead atoms. The van der Waals surface area contributed by atoms with Crippen LogP contribution in [0.25, 0.3) is 0 Å². The van der Waals surface area contributed by atoms with Gasteiger partial charge in [0.05, 0.1) is 0 Å². The van der Waals surface area contributed by atoms with E-state index in [1.807, 2.05) is 18.4 Å². The van der Waals surface area contributed by atoms with Gasteiger partial charge in [0, 0.05) is 35.9 Å². The van der Waals surface area contributed by atoms with Gasteiger partial charge in [0.2, 0.25) is 0 Å². The lowest BCUT2D eigenvalue weighted by Gasteiger charge is -2.21. The number of nitrogens with one attached hydrogen (secondary N) is 1. The molecule has 1 aliphatic heterocycles. The van der Waals surface area contributed by atoms with Gasteiger partial charge in [0.25, 0.3) is 0 Å². The lowest BCUT2D eigenvalue weighted by molar-refractivity contribution is 0.252. The number of hydrogen-bond donors (Lipinski definition) is 1. The van der Waals surface area contributed by atoms with E-state index in [2.05, 4.69) is 35.2 Å². The predicted molar refractivity (Wildman–Crippen MR) is 83.8 cm³/mol. The first-order valence-electron chi connectivity index (χ1n) is 7.32. The fourth-order valence-electron chi connectivity index (χ4n) is 2.69. The molecular formula is C15H27N3S. The second kappa shape index (κ2) is 7.39. The van der Waals surface area contributed by atoms with Crippen LogP contribution in [0.5, 0.6) is 0 Å². The first-order chi connectivity index (χ1) is 9.19. The molecule has 2 heterocycles. The molecule has 4 heteroatoms. The lowest BCUT2D eigenvalue weighted by atomic mass is 10.2. The topological polar surface area (TPSA) is 18.5 Å². The molecule has 0 saturated carbocycles. The van der Waals surface area contributed by atoms with Crippen LogP contribution in [-0.4, -0.2) is 50.1 Å². The Hall–Kier alpha value is -0.420. The molecule has 0 spiro atoms. The molecule has 0 radical (unpaired) electrons. The molecule has 1 aliphatic rings. The molecule has 1 N–H and O–H groups in total. The Balaban J connectivity index is 1.78. The third kappa shape index (κ3) is 4.56. The highest BCUT2D eigenvalue weighted by Crippen LogP contribution is 2.22. The summed E-state index contributed by atoms with van der Waals surface area (Å²) < 4.78 is 0. The van der Waals surface area contributed by atoms with Crippen molar-refractivity contribution < 1.29 is 0 Å². The summed E-state index contributed by atoms with van der Waals surface area (Å²) in [5.74, 6) is 0. The number of hydrogen-bond acceptors (Lipinski definition) is 4. The van der Waals surface area contributed by atoms with Crippen molar-refractivity contribution in [2.45, 2.75) is 32.9 Å². The fraction of sp³-hybridized carbons (Fsp3) is 0.733. The summed E-state index contributed by atoms with van der Waals surface area (Å²) in [6.45, 7) is 9.32. The van der Waals surface area contributed by atoms with Crippen molar-refractivity contribution >= 4 is 11.3 Å². The van der Waals surface area contributed by atoms with Gasteiger partial charge in [-0.3, -0.25) is 0 Å². The van der Waals surface area contributed by atoms with Gasteiger partial charge in [-0.15, -0.1) is 11.3 Å². The summed E-state index contributed by atoms with van der Waals surface area (Å²) in [7, 11) is 4.25. The molecule has 2 rings (SSSR count). The molecule has 1 saturated heterocycles. The Kier molecular flexibility index (Phi) is 5.82. The summed E-state index contributed by atoms with van der Waals surface area (Å²) in [6.07, 6.45) is 2.78. The zero-order chi connectivity index (χ0) is 13.7. The van der Waals surface area contributed by atoms with Gasteiger partial charge in [-0.2, -0.15) is 0 Å². The minimum Gasteiger partial charge on any atom is -0.315 e. The van der Waals surface area contributed by atoms with Crippen LogP contribution in [-0.2, 0) is 13.1 Å². The van der Waals surface area contributed by atoms with Crippen LogP contribution in [0.4, 0.5) is 0 Å². The van der Waals surface area contributed by atoms with E-state index in [0.29, 0.717) is 0 Å². The Morgan fingerprint density at radius 2 is 2.11 bits per heavy atom. The smallest absolute Gasteiger partial charge is 0.0296 e. The molecule has 0 aromatic carbocycles. The predicted octanol–water partition coefficient (Wildman–Crippen LogP) is 2.30. The summed E-state index contributed by atoms with van der Waals surface area (Å²) in [5, 5.41) is 3.23. The minimum absolute atomic E-state index is 0.989. The number of rotatable bonds is 7. The summed E-state index contributed by atoms with van der Waals surface area (Å²) >= 11 is 1.92. The van der Waals surface area contributed by atoms with Gasteiger partial charge < -0.3 is 15.1 Å². The normalized spacial score (nSPS) is 16.6. The third-order valence-corrected chi connectivity index (χ3v) is 4.95. The Morgan fingerprint density at radius 1 is 1.37 bits per heavy atom. The maximum atomic E-state index is 3.23. The van der Waals surface area contributed by atoms with Crippen molar-refractivity contribution in [1.82, 2.24) is 15.1 Å². The van der Waals surface area contributed by atoms with Gasteiger partial charge in [-0.25, -0.2) is 0 Å².